The molecule has 73 valence electrons. The molecule has 0 spiro atoms. The second-order valence-corrected chi connectivity index (χ2v) is 3.45. The summed E-state index contributed by atoms with van der Waals surface area (Å²) in [6, 6.07) is 0. The fourth-order valence-corrected chi connectivity index (χ4v) is 1.17. The quantitative estimate of drug-likeness (QED) is 0.507. The molecule has 0 heterocycles. The highest BCUT2D eigenvalue weighted by Crippen LogP contribution is 2.05. The lowest BCUT2D eigenvalue weighted by atomic mass is 10.1. The van der Waals surface area contributed by atoms with Gasteiger partial charge in [-0.1, -0.05) is 39.0 Å². The minimum atomic E-state index is 0.153. The number of rotatable bonds is 8. The molecule has 1 atom stereocenters. The fraction of sp³-hybridized carbons (Fsp3) is 0.909. The molecule has 1 heteroatoms. The third-order valence-corrected chi connectivity index (χ3v) is 1.90. The van der Waals surface area contributed by atoms with Crippen LogP contribution in [0.25, 0.3) is 0 Å². The molecule has 0 aliphatic heterocycles. The smallest absolute Gasteiger partial charge is 0.0547 e. The second kappa shape index (κ2) is 9.05. The van der Waals surface area contributed by atoms with Crippen molar-refractivity contribution in [3.05, 3.63) is 6.92 Å². The van der Waals surface area contributed by atoms with Crippen LogP contribution in [-0.4, -0.2) is 12.7 Å². The normalized spacial score (nSPS) is 11.0. The van der Waals surface area contributed by atoms with Gasteiger partial charge in [-0.05, 0) is 20.3 Å². The Balaban J connectivity index is 2.82. The van der Waals surface area contributed by atoms with Crippen molar-refractivity contribution in [3.63, 3.8) is 0 Å². The van der Waals surface area contributed by atoms with Gasteiger partial charge in [0.15, 0.2) is 0 Å². The summed E-state index contributed by atoms with van der Waals surface area (Å²) in [5, 5.41) is 0. The maximum Gasteiger partial charge on any atom is 0.0547 e. The zero-order valence-corrected chi connectivity index (χ0v) is 8.64. The highest BCUT2D eigenvalue weighted by molar-refractivity contribution is 4.50. The lowest BCUT2D eigenvalue weighted by molar-refractivity contribution is 0.0921. The Morgan fingerprint density at radius 3 is 2.25 bits per heavy atom. The summed E-state index contributed by atoms with van der Waals surface area (Å²) in [5.41, 5.74) is 0. The van der Waals surface area contributed by atoms with Crippen molar-refractivity contribution in [1.29, 1.82) is 0 Å². The summed E-state index contributed by atoms with van der Waals surface area (Å²) in [6.45, 7) is 8.88. The Bertz CT molecular complexity index is 79.1. The van der Waals surface area contributed by atoms with Gasteiger partial charge in [-0.3, -0.25) is 0 Å². The Hall–Kier alpha value is -0.0400. The number of hydrogen-bond acceptors (Lipinski definition) is 1. The van der Waals surface area contributed by atoms with E-state index in [1.165, 1.54) is 38.5 Å². The van der Waals surface area contributed by atoms with Crippen molar-refractivity contribution in [2.24, 2.45) is 0 Å². The first-order valence-corrected chi connectivity index (χ1v) is 5.22. The van der Waals surface area contributed by atoms with Crippen LogP contribution in [0, 0.1) is 6.92 Å². The molecule has 0 saturated carbocycles. The van der Waals surface area contributed by atoms with Gasteiger partial charge in [0.05, 0.1) is 6.10 Å². The van der Waals surface area contributed by atoms with Crippen LogP contribution in [0.3, 0.4) is 0 Å². The molecule has 0 aliphatic rings. The van der Waals surface area contributed by atoms with Crippen LogP contribution >= 0.6 is 0 Å². The van der Waals surface area contributed by atoms with E-state index in [0.29, 0.717) is 0 Å². The summed E-state index contributed by atoms with van der Waals surface area (Å²) in [4.78, 5) is 0. The molecule has 0 rings (SSSR count). The Morgan fingerprint density at radius 1 is 1.08 bits per heavy atom. The molecule has 12 heavy (non-hydrogen) atoms. The summed E-state index contributed by atoms with van der Waals surface area (Å²) in [5.74, 6) is 0. The molecule has 0 aromatic carbocycles. The monoisotopic (exact) mass is 171 g/mol. The lowest BCUT2D eigenvalue weighted by Crippen LogP contribution is -2.03. The van der Waals surface area contributed by atoms with Crippen molar-refractivity contribution in [1.82, 2.24) is 0 Å². The summed E-state index contributed by atoms with van der Waals surface area (Å²) in [6.07, 6.45) is 8.12. The summed E-state index contributed by atoms with van der Waals surface area (Å²) >= 11 is 0. The maximum absolute atomic E-state index is 5.34. The number of unbranched alkanes of at least 4 members (excludes halogenated alkanes) is 5. The van der Waals surface area contributed by atoms with Crippen molar-refractivity contribution in [2.45, 2.75) is 58.5 Å². The summed E-state index contributed by atoms with van der Waals surface area (Å²) in [7, 11) is 0. The average Bonchev–Trinajstić information content (AvgIpc) is 2.02. The van der Waals surface area contributed by atoms with Gasteiger partial charge in [0.1, 0.15) is 0 Å². The largest absolute Gasteiger partial charge is 0.379 e. The van der Waals surface area contributed by atoms with E-state index in [1.54, 1.807) is 0 Å². The minimum absolute atomic E-state index is 0.153. The standard InChI is InChI=1S/C11H23O/c1-4-5-6-7-8-9-10-12-11(2)3/h11H,2,4-10H2,1,3H3. The van der Waals surface area contributed by atoms with E-state index in [4.69, 9.17) is 4.74 Å². The van der Waals surface area contributed by atoms with E-state index in [9.17, 15) is 0 Å². The Morgan fingerprint density at radius 2 is 1.67 bits per heavy atom. The third-order valence-electron chi connectivity index (χ3n) is 1.90. The first-order valence-electron chi connectivity index (χ1n) is 5.22. The molecule has 0 fully saturated rings. The van der Waals surface area contributed by atoms with Crippen LogP contribution in [0.2, 0.25) is 0 Å². The second-order valence-electron chi connectivity index (χ2n) is 3.45. The van der Waals surface area contributed by atoms with Crippen molar-refractivity contribution in [3.8, 4) is 0 Å². The van der Waals surface area contributed by atoms with Gasteiger partial charge in [-0.15, -0.1) is 0 Å². The minimum Gasteiger partial charge on any atom is -0.379 e. The van der Waals surface area contributed by atoms with E-state index in [-0.39, 0.29) is 6.10 Å². The van der Waals surface area contributed by atoms with Gasteiger partial charge in [-0.25, -0.2) is 0 Å². The SMILES string of the molecule is [CH2]C(C)OCCCCCCCC. The third kappa shape index (κ3) is 9.96. The van der Waals surface area contributed by atoms with Gasteiger partial charge < -0.3 is 4.74 Å². The molecule has 0 aromatic heterocycles. The number of hydrogen-bond donors (Lipinski definition) is 0. The van der Waals surface area contributed by atoms with Crippen molar-refractivity contribution >= 4 is 0 Å². The molecule has 0 aliphatic carbocycles. The van der Waals surface area contributed by atoms with Gasteiger partial charge in [-0.2, -0.15) is 0 Å². The van der Waals surface area contributed by atoms with E-state index >= 15 is 0 Å². The zero-order valence-electron chi connectivity index (χ0n) is 8.64. The Kier molecular flexibility index (Phi) is 9.02. The topological polar surface area (TPSA) is 9.23 Å². The van der Waals surface area contributed by atoms with Gasteiger partial charge in [0.25, 0.3) is 0 Å². The fourth-order valence-electron chi connectivity index (χ4n) is 1.17. The van der Waals surface area contributed by atoms with Crippen LogP contribution in [0.15, 0.2) is 0 Å². The highest BCUT2D eigenvalue weighted by Gasteiger charge is 1.93. The highest BCUT2D eigenvalue weighted by atomic mass is 16.5. The van der Waals surface area contributed by atoms with Crippen LogP contribution < -0.4 is 0 Å². The van der Waals surface area contributed by atoms with Gasteiger partial charge >= 0.3 is 0 Å². The molecule has 0 bridgehead atoms. The van der Waals surface area contributed by atoms with Crippen LogP contribution in [0.5, 0.6) is 0 Å². The summed E-state index contributed by atoms with van der Waals surface area (Å²) < 4.78 is 5.34. The molecule has 0 saturated heterocycles. The van der Waals surface area contributed by atoms with Gasteiger partial charge in [0, 0.05) is 6.61 Å². The van der Waals surface area contributed by atoms with Crippen LogP contribution in [0.1, 0.15) is 52.4 Å². The van der Waals surface area contributed by atoms with E-state index in [2.05, 4.69) is 13.8 Å². The van der Waals surface area contributed by atoms with Crippen molar-refractivity contribution in [2.75, 3.05) is 6.61 Å². The predicted octanol–water partition coefficient (Wildman–Crippen LogP) is 3.59. The maximum atomic E-state index is 5.34. The molecule has 0 aromatic rings. The average molecular weight is 171 g/mol. The molecule has 1 nitrogen and oxygen atoms in total. The zero-order chi connectivity index (χ0) is 9.23. The van der Waals surface area contributed by atoms with Gasteiger partial charge in [0.2, 0.25) is 0 Å². The molecular formula is C11H23O. The molecule has 0 N–H and O–H groups in total. The van der Waals surface area contributed by atoms with E-state index < -0.39 is 0 Å². The van der Waals surface area contributed by atoms with E-state index in [0.717, 1.165) is 6.61 Å². The van der Waals surface area contributed by atoms with Crippen molar-refractivity contribution < 1.29 is 4.74 Å². The van der Waals surface area contributed by atoms with E-state index in [1.807, 2.05) is 6.92 Å². The molecular weight excluding hydrogens is 148 g/mol. The molecule has 1 radical (unpaired) electrons. The Labute approximate surface area is 77.5 Å². The lowest BCUT2D eigenvalue weighted by Gasteiger charge is -2.06. The molecule has 1 unspecified atom stereocenters. The predicted molar refractivity (Wildman–Crippen MR) is 54.1 cm³/mol. The van der Waals surface area contributed by atoms with Crippen LogP contribution in [0.4, 0.5) is 0 Å². The van der Waals surface area contributed by atoms with Crippen LogP contribution in [-0.2, 0) is 4.74 Å². The number of ether oxygens (including phenoxy) is 1. The first-order chi connectivity index (χ1) is 5.77. The molecule has 0 amide bonds. The first kappa shape index (κ1) is 12.0.